The van der Waals surface area contributed by atoms with Gasteiger partial charge < -0.3 is 9.47 Å². The summed E-state index contributed by atoms with van der Waals surface area (Å²) in [5.41, 5.74) is -0.0710. The smallest absolute Gasteiger partial charge is 0.111 e. The van der Waals surface area contributed by atoms with E-state index >= 15 is 0 Å². The van der Waals surface area contributed by atoms with Crippen molar-refractivity contribution in [2.75, 3.05) is 13.2 Å². The van der Waals surface area contributed by atoms with Crippen LogP contribution in [0.15, 0.2) is 12.3 Å². The zero-order valence-electron chi connectivity index (χ0n) is 7.94. The number of hydrogen-bond acceptors (Lipinski definition) is 2. The molecule has 0 aliphatic carbocycles. The van der Waals surface area contributed by atoms with Gasteiger partial charge in [-0.05, 0) is 27.7 Å². The van der Waals surface area contributed by atoms with Gasteiger partial charge in [-0.2, -0.15) is 0 Å². The average molecular weight is 158 g/mol. The predicted molar refractivity (Wildman–Crippen MR) is 46.5 cm³/mol. The third kappa shape index (κ3) is 9.50. The van der Waals surface area contributed by atoms with Crippen LogP contribution >= 0.6 is 0 Å². The fraction of sp³-hybridized carbons (Fsp3) is 0.778. The number of hydrogen-bond donors (Lipinski definition) is 0. The summed E-state index contributed by atoms with van der Waals surface area (Å²) in [4.78, 5) is 0. The largest absolute Gasteiger partial charge is 0.496 e. The second-order valence-corrected chi connectivity index (χ2v) is 3.51. The number of allylic oxidation sites excluding steroid dienone is 1. The molecule has 2 nitrogen and oxygen atoms in total. The maximum absolute atomic E-state index is 5.41. The van der Waals surface area contributed by atoms with Crippen LogP contribution in [0.2, 0.25) is 0 Å². The maximum Gasteiger partial charge on any atom is 0.111 e. The Kier molecular flexibility index (Phi) is 4.19. The van der Waals surface area contributed by atoms with Gasteiger partial charge in [0.15, 0.2) is 0 Å². The van der Waals surface area contributed by atoms with E-state index in [1.54, 1.807) is 0 Å². The molecule has 0 spiro atoms. The third-order valence-electron chi connectivity index (χ3n) is 0.967. The van der Waals surface area contributed by atoms with Crippen LogP contribution < -0.4 is 0 Å². The highest BCUT2D eigenvalue weighted by atomic mass is 16.5. The van der Waals surface area contributed by atoms with E-state index in [0.29, 0.717) is 13.2 Å². The number of ether oxygens (including phenoxy) is 2. The van der Waals surface area contributed by atoms with E-state index in [2.05, 4.69) is 6.58 Å². The van der Waals surface area contributed by atoms with Crippen molar-refractivity contribution in [1.82, 2.24) is 0 Å². The molecule has 0 fully saturated rings. The fourth-order valence-corrected chi connectivity index (χ4v) is 0.564. The van der Waals surface area contributed by atoms with Crippen LogP contribution in [0.25, 0.3) is 0 Å². The van der Waals surface area contributed by atoms with Crippen molar-refractivity contribution in [2.45, 2.75) is 33.3 Å². The van der Waals surface area contributed by atoms with Crippen molar-refractivity contribution >= 4 is 0 Å². The highest BCUT2D eigenvalue weighted by Gasteiger charge is 2.08. The second-order valence-electron chi connectivity index (χ2n) is 3.51. The standard InChI is InChI=1S/C9H18O2/c1-8(2)10-6-7-11-9(3,4)5/h1,6-7H2,2-5H3. The summed E-state index contributed by atoms with van der Waals surface area (Å²) in [6, 6.07) is 0. The molecule has 0 atom stereocenters. The van der Waals surface area contributed by atoms with E-state index in [0.717, 1.165) is 5.76 Å². The molecular formula is C9H18O2. The van der Waals surface area contributed by atoms with Crippen LogP contribution in [0.5, 0.6) is 0 Å². The van der Waals surface area contributed by atoms with Crippen molar-refractivity contribution in [3.8, 4) is 0 Å². The first-order valence-electron chi connectivity index (χ1n) is 3.84. The minimum atomic E-state index is -0.0710. The first-order chi connectivity index (χ1) is 4.92. The van der Waals surface area contributed by atoms with Crippen LogP contribution in [0, 0.1) is 0 Å². The Labute approximate surface area is 69.2 Å². The normalized spacial score (nSPS) is 11.3. The molecule has 0 saturated heterocycles. The van der Waals surface area contributed by atoms with Gasteiger partial charge in [-0.25, -0.2) is 0 Å². The molecule has 66 valence electrons. The molecule has 0 aromatic heterocycles. The first kappa shape index (κ1) is 10.5. The highest BCUT2D eigenvalue weighted by Crippen LogP contribution is 2.05. The van der Waals surface area contributed by atoms with E-state index in [1.165, 1.54) is 0 Å². The summed E-state index contributed by atoms with van der Waals surface area (Å²) in [6.07, 6.45) is 0. The highest BCUT2D eigenvalue weighted by molar-refractivity contribution is 4.73. The Morgan fingerprint density at radius 1 is 1.27 bits per heavy atom. The van der Waals surface area contributed by atoms with Gasteiger partial charge in [-0.15, -0.1) is 0 Å². The van der Waals surface area contributed by atoms with Crippen molar-refractivity contribution in [2.24, 2.45) is 0 Å². The molecule has 0 saturated carbocycles. The molecule has 0 bridgehead atoms. The summed E-state index contributed by atoms with van der Waals surface area (Å²) in [6.45, 7) is 12.7. The maximum atomic E-state index is 5.41. The molecule has 0 unspecified atom stereocenters. The molecular weight excluding hydrogens is 140 g/mol. The Balaban J connectivity index is 3.22. The lowest BCUT2D eigenvalue weighted by atomic mass is 10.2. The lowest BCUT2D eigenvalue weighted by Gasteiger charge is -2.19. The zero-order valence-corrected chi connectivity index (χ0v) is 7.94. The summed E-state index contributed by atoms with van der Waals surface area (Å²) >= 11 is 0. The summed E-state index contributed by atoms with van der Waals surface area (Å²) < 4.78 is 10.5. The van der Waals surface area contributed by atoms with Crippen LogP contribution in [-0.4, -0.2) is 18.8 Å². The van der Waals surface area contributed by atoms with Crippen molar-refractivity contribution in [1.29, 1.82) is 0 Å². The molecule has 0 aliphatic heterocycles. The van der Waals surface area contributed by atoms with E-state index in [9.17, 15) is 0 Å². The molecule has 0 N–H and O–H groups in total. The van der Waals surface area contributed by atoms with E-state index in [-0.39, 0.29) is 5.60 Å². The molecule has 0 amide bonds. The van der Waals surface area contributed by atoms with Gasteiger partial charge in [0.05, 0.1) is 18.0 Å². The van der Waals surface area contributed by atoms with E-state index in [1.807, 2.05) is 27.7 Å². The second kappa shape index (κ2) is 4.39. The van der Waals surface area contributed by atoms with Crippen molar-refractivity contribution in [3.63, 3.8) is 0 Å². The Bertz CT molecular complexity index is 122. The molecule has 2 heteroatoms. The Morgan fingerprint density at radius 3 is 2.18 bits per heavy atom. The van der Waals surface area contributed by atoms with Gasteiger partial charge >= 0.3 is 0 Å². The fourth-order valence-electron chi connectivity index (χ4n) is 0.564. The minimum absolute atomic E-state index is 0.0710. The van der Waals surface area contributed by atoms with Crippen LogP contribution in [-0.2, 0) is 9.47 Å². The SMILES string of the molecule is C=C(C)OCCOC(C)(C)C. The van der Waals surface area contributed by atoms with E-state index in [4.69, 9.17) is 9.47 Å². The molecule has 0 heterocycles. The van der Waals surface area contributed by atoms with Gasteiger partial charge in [-0.1, -0.05) is 6.58 Å². The van der Waals surface area contributed by atoms with Gasteiger partial charge in [0.1, 0.15) is 6.61 Å². The van der Waals surface area contributed by atoms with Crippen molar-refractivity contribution < 1.29 is 9.47 Å². The van der Waals surface area contributed by atoms with Crippen LogP contribution in [0.1, 0.15) is 27.7 Å². The minimum Gasteiger partial charge on any atom is -0.496 e. The molecule has 11 heavy (non-hydrogen) atoms. The van der Waals surface area contributed by atoms with Crippen LogP contribution in [0.4, 0.5) is 0 Å². The molecule has 0 aliphatic rings. The molecule has 0 rings (SSSR count). The molecule has 0 radical (unpaired) electrons. The van der Waals surface area contributed by atoms with Gasteiger partial charge in [0, 0.05) is 0 Å². The zero-order chi connectivity index (χ0) is 8.91. The number of rotatable bonds is 4. The van der Waals surface area contributed by atoms with Gasteiger partial charge in [0.25, 0.3) is 0 Å². The molecule has 0 aromatic rings. The summed E-state index contributed by atoms with van der Waals surface area (Å²) in [5.74, 6) is 0.738. The quantitative estimate of drug-likeness (QED) is 0.462. The average Bonchev–Trinajstić information content (AvgIpc) is 1.78. The third-order valence-corrected chi connectivity index (χ3v) is 0.967. The lowest BCUT2D eigenvalue weighted by Crippen LogP contribution is -2.21. The van der Waals surface area contributed by atoms with Crippen molar-refractivity contribution in [3.05, 3.63) is 12.3 Å². The van der Waals surface area contributed by atoms with E-state index < -0.39 is 0 Å². The van der Waals surface area contributed by atoms with Crippen LogP contribution in [0.3, 0.4) is 0 Å². The predicted octanol–water partition coefficient (Wildman–Crippen LogP) is 2.35. The Hall–Kier alpha value is -0.500. The lowest BCUT2D eigenvalue weighted by molar-refractivity contribution is -0.0248. The van der Waals surface area contributed by atoms with Gasteiger partial charge in [-0.3, -0.25) is 0 Å². The first-order valence-corrected chi connectivity index (χ1v) is 3.84. The molecule has 0 aromatic carbocycles. The Morgan fingerprint density at radius 2 is 1.82 bits per heavy atom. The summed E-state index contributed by atoms with van der Waals surface area (Å²) in [5, 5.41) is 0. The summed E-state index contributed by atoms with van der Waals surface area (Å²) in [7, 11) is 0. The monoisotopic (exact) mass is 158 g/mol. The van der Waals surface area contributed by atoms with Gasteiger partial charge in [0.2, 0.25) is 0 Å². The topological polar surface area (TPSA) is 18.5 Å².